The molecule has 2 atom stereocenters. The molecule has 3 rings (SSSR count). The van der Waals surface area contributed by atoms with Gasteiger partial charge in [-0.05, 0) is 37.5 Å². The van der Waals surface area contributed by atoms with E-state index in [1.54, 1.807) is 19.4 Å². The molecule has 28 heavy (non-hydrogen) atoms. The normalized spacial score (nSPS) is 20.0. The van der Waals surface area contributed by atoms with Crippen molar-refractivity contribution in [2.24, 2.45) is 10.7 Å². The van der Waals surface area contributed by atoms with Crippen molar-refractivity contribution in [1.29, 1.82) is 0 Å². The molecule has 8 heteroatoms. The number of nitrogens with two attached hydrogens (primary N) is 1. The number of aryl methyl sites for hydroxylation is 1. The summed E-state index contributed by atoms with van der Waals surface area (Å²) in [6, 6.07) is 5.82. The van der Waals surface area contributed by atoms with E-state index in [1.807, 2.05) is 29.2 Å². The van der Waals surface area contributed by atoms with Gasteiger partial charge in [0.1, 0.15) is 5.75 Å². The van der Waals surface area contributed by atoms with Gasteiger partial charge in [-0.1, -0.05) is 24.4 Å². The van der Waals surface area contributed by atoms with E-state index in [0.717, 1.165) is 31.5 Å². The fourth-order valence-electron chi connectivity index (χ4n) is 3.40. The van der Waals surface area contributed by atoms with Gasteiger partial charge in [-0.15, -0.1) is 0 Å². The number of nitrogens with zero attached hydrogens (tertiary/aromatic N) is 3. The van der Waals surface area contributed by atoms with E-state index >= 15 is 0 Å². The molecule has 0 aliphatic heterocycles. The molecule has 0 saturated heterocycles. The van der Waals surface area contributed by atoms with Crippen LogP contribution in [-0.2, 0) is 6.54 Å². The molecular formula is C20H29ClN6O. The maximum Gasteiger partial charge on any atom is 0.196 e. The molecule has 1 saturated carbocycles. The molecule has 0 spiro atoms. The summed E-state index contributed by atoms with van der Waals surface area (Å²) in [4.78, 5) is 8.83. The predicted molar refractivity (Wildman–Crippen MR) is 114 cm³/mol. The highest BCUT2D eigenvalue weighted by atomic mass is 35.5. The second-order valence-corrected chi connectivity index (χ2v) is 7.49. The number of imidazole rings is 1. The Bertz CT molecular complexity index is 764. The lowest BCUT2D eigenvalue weighted by Gasteiger charge is -2.31. The topological polar surface area (TPSA) is 89.5 Å². The predicted octanol–water partition coefficient (Wildman–Crippen LogP) is 3.26. The molecule has 1 aliphatic rings. The van der Waals surface area contributed by atoms with E-state index in [0.29, 0.717) is 23.3 Å². The summed E-state index contributed by atoms with van der Waals surface area (Å²) in [6.07, 6.45) is 10.9. The lowest BCUT2D eigenvalue weighted by Crippen LogP contribution is -2.51. The zero-order chi connectivity index (χ0) is 19.8. The van der Waals surface area contributed by atoms with Crippen LogP contribution >= 0.6 is 11.6 Å². The number of aromatic nitrogens is 2. The number of hydrogen-bond donors (Lipinski definition) is 3. The van der Waals surface area contributed by atoms with Crippen molar-refractivity contribution in [3.8, 4) is 5.75 Å². The Kier molecular flexibility index (Phi) is 7.56. The number of rotatable bonds is 7. The third kappa shape index (κ3) is 5.87. The zero-order valence-electron chi connectivity index (χ0n) is 16.3. The number of guanidine groups is 1. The molecule has 7 nitrogen and oxygen atoms in total. The van der Waals surface area contributed by atoms with E-state index < -0.39 is 0 Å². The smallest absolute Gasteiger partial charge is 0.196 e. The molecule has 0 unspecified atom stereocenters. The highest BCUT2D eigenvalue weighted by molar-refractivity contribution is 6.31. The van der Waals surface area contributed by atoms with Crippen LogP contribution in [0.25, 0.3) is 0 Å². The average molecular weight is 405 g/mol. The minimum absolute atomic E-state index is 0.132. The van der Waals surface area contributed by atoms with Crippen LogP contribution in [0.5, 0.6) is 5.75 Å². The average Bonchev–Trinajstić information content (AvgIpc) is 3.20. The largest absolute Gasteiger partial charge is 0.495 e. The molecule has 1 aliphatic carbocycles. The summed E-state index contributed by atoms with van der Waals surface area (Å²) in [5.74, 6) is 1.42. The van der Waals surface area contributed by atoms with Crippen LogP contribution in [0.2, 0.25) is 5.02 Å². The summed E-state index contributed by atoms with van der Waals surface area (Å²) in [6.45, 7) is 1.55. The number of benzene rings is 1. The quantitative estimate of drug-likeness (QED) is 0.374. The molecular weight excluding hydrogens is 376 g/mol. The molecule has 0 bridgehead atoms. The summed E-state index contributed by atoms with van der Waals surface area (Å²) in [5, 5.41) is 7.51. The van der Waals surface area contributed by atoms with Gasteiger partial charge in [-0.25, -0.2) is 4.98 Å². The molecule has 1 heterocycles. The van der Waals surface area contributed by atoms with Crippen LogP contribution in [-0.4, -0.2) is 41.2 Å². The van der Waals surface area contributed by atoms with Crippen LogP contribution in [0.4, 0.5) is 5.69 Å². The number of anilines is 1. The Morgan fingerprint density at radius 1 is 1.39 bits per heavy atom. The van der Waals surface area contributed by atoms with Crippen molar-refractivity contribution < 1.29 is 4.74 Å². The van der Waals surface area contributed by atoms with Crippen molar-refractivity contribution in [3.05, 3.63) is 41.9 Å². The van der Waals surface area contributed by atoms with Crippen molar-refractivity contribution in [3.63, 3.8) is 0 Å². The minimum Gasteiger partial charge on any atom is -0.495 e. The number of ether oxygens (including phenoxy) is 1. The summed E-state index contributed by atoms with van der Waals surface area (Å²) >= 11 is 6.17. The maximum atomic E-state index is 6.32. The highest BCUT2D eigenvalue weighted by Crippen LogP contribution is 2.27. The van der Waals surface area contributed by atoms with Gasteiger partial charge in [-0.2, -0.15) is 0 Å². The monoisotopic (exact) mass is 404 g/mol. The number of methoxy groups -OCH3 is 1. The molecule has 0 radical (unpaired) electrons. The van der Waals surface area contributed by atoms with Gasteiger partial charge in [0.05, 0.1) is 19.1 Å². The Morgan fingerprint density at radius 2 is 2.25 bits per heavy atom. The highest BCUT2D eigenvalue weighted by Gasteiger charge is 2.23. The summed E-state index contributed by atoms with van der Waals surface area (Å²) in [5.41, 5.74) is 7.10. The van der Waals surface area contributed by atoms with Gasteiger partial charge in [0.25, 0.3) is 0 Å². The first-order valence-electron chi connectivity index (χ1n) is 9.78. The fraction of sp³-hybridized carbons (Fsp3) is 0.500. The van der Waals surface area contributed by atoms with Gasteiger partial charge >= 0.3 is 0 Å². The van der Waals surface area contributed by atoms with Crippen LogP contribution in [0.1, 0.15) is 32.1 Å². The third-order valence-electron chi connectivity index (χ3n) is 4.96. The minimum atomic E-state index is 0.132. The Morgan fingerprint density at radius 3 is 3.00 bits per heavy atom. The fourth-order valence-corrected chi connectivity index (χ4v) is 3.58. The maximum absolute atomic E-state index is 6.32. The molecule has 152 valence electrons. The Balaban J connectivity index is 1.69. The van der Waals surface area contributed by atoms with Crippen molar-refractivity contribution in [2.45, 2.75) is 50.7 Å². The third-order valence-corrected chi connectivity index (χ3v) is 5.19. The second-order valence-electron chi connectivity index (χ2n) is 7.05. The number of aliphatic imine (C=N–C) groups is 1. The Labute approximate surface area is 171 Å². The summed E-state index contributed by atoms with van der Waals surface area (Å²) < 4.78 is 7.50. The van der Waals surface area contributed by atoms with Crippen LogP contribution < -0.4 is 21.1 Å². The number of halogens is 1. The Hall–Kier alpha value is -2.25. The van der Waals surface area contributed by atoms with E-state index in [2.05, 4.69) is 15.6 Å². The van der Waals surface area contributed by atoms with Crippen molar-refractivity contribution >= 4 is 23.2 Å². The van der Waals surface area contributed by atoms with E-state index in [9.17, 15) is 0 Å². The first-order valence-corrected chi connectivity index (χ1v) is 10.2. The van der Waals surface area contributed by atoms with Gasteiger partial charge < -0.3 is 25.7 Å². The first-order chi connectivity index (χ1) is 13.7. The second kappa shape index (κ2) is 10.3. The molecule has 0 amide bonds. The molecule has 1 fully saturated rings. The lowest BCUT2D eigenvalue weighted by atomic mass is 9.91. The van der Waals surface area contributed by atoms with Crippen molar-refractivity contribution in [2.75, 3.05) is 19.0 Å². The number of hydrogen-bond acceptors (Lipinski definition) is 4. The molecule has 4 N–H and O–H groups in total. The zero-order valence-corrected chi connectivity index (χ0v) is 17.0. The molecule has 2 aromatic rings. The SMILES string of the molecule is COc1ccc(Cl)cc1NC(=NCCCn1ccnc1)N[C@H]1CCCC[C@@H]1N. The van der Waals surface area contributed by atoms with Crippen LogP contribution in [0.3, 0.4) is 0 Å². The first kappa shape index (κ1) is 20.5. The van der Waals surface area contributed by atoms with Crippen molar-refractivity contribution in [1.82, 2.24) is 14.9 Å². The number of nitrogens with one attached hydrogen (secondary N) is 2. The van der Waals surface area contributed by atoms with E-state index in [4.69, 9.17) is 27.1 Å². The molecule has 1 aromatic carbocycles. The van der Waals surface area contributed by atoms with Gasteiger partial charge in [-0.3, -0.25) is 4.99 Å². The van der Waals surface area contributed by atoms with E-state index in [-0.39, 0.29) is 12.1 Å². The molecule has 1 aromatic heterocycles. The van der Waals surface area contributed by atoms with Crippen LogP contribution in [0.15, 0.2) is 41.9 Å². The summed E-state index contributed by atoms with van der Waals surface area (Å²) in [7, 11) is 1.64. The van der Waals surface area contributed by atoms with Crippen LogP contribution in [0, 0.1) is 0 Å². The van der Waals surface area contributed by atoms with E-state index in [1.165, 1.54) is 12.8 Å². The van der Waals surface area contributed by atoms with Gasteiger partial charge in [0.15, 0.2) is 5.96 Å². The van der Waals surface area contributed by atoms with Gasteiger partial charge in [0.2, 0.25) is 0 Å². The lowest BCUT2D eigenvalue weighted by molar-refractivity contribution is 0.360. The van der Waals surface area contributed by atoms with Gasteiger partial charge in [0, 0.05) is 42.6 Å². The standard InChI is InChI=1S/C20H29ClN6O/c1-28-19-8-7-15(21)13-18(19)26-20(25-17-6-3-2-5-16(17)22)24-9-4-11-27-12-10-23-14-27/h7-8,10,12-14,16-17H,2-6,9,11,22H2,1H3,(H2,24,25,26)/t16-,17-/m0/s1.